The lowest BCUT2D eigenvalue weighted by molar-refractivity contribution is -0.133. The largest absolute Gasteiger partial charge is 0.347 e. The number of halogens is 1. The topological polar surface area (TPSA) is 49.4 Å². The van der Waals surface area contributed by atoms with Gasteiger partial charge in [-0.3, -0.25) is 9.59 Å². The van der Waals surface area contributed by atoms with Gasteiger partial charge in [-0.2, -0.15) is 0 Å². The minimum Gasteiger partial charge on any atom is -0.347 e. The van der Waals surface area contributed by atoms with E-state index in [2.05, 4.69) is 21.2 Å². The molecule has 98 valence electrons. The van der Waals surface area contributed by atoms with Crippen LogP contribution in [0.5, 0.6) is 0 Å². The molecule has 4 nitrogen and oxygen atoms in total. The Morgan fingerprint density at radius 2 is 1.94 bits per heavy atom. The maximum absolute atomic E-state index is 11.8. The first-order valence-corrected chi connectivity index (χ1v) is 6.45. The van der Waals surface area contributed by atoms with Gasteiger partial charge in [-0.1, -0.05) is 34.1 Å². The molecule has 0 radical (unpaired) electrons. The van der Waals surface area contributed by atoms with Gasteiger partial charge in [0.15, 0.2) is 0 Å². The first-order chi connectivity index (χ1) is 8.41. The molecule has 0 saturated heterocycles. The van der Waals surface area contributed by atoms with Gasteiger partial charge in [0.25, 0.3) is 0 Å². The van der Waals surface area contributed by atoms with Gasteiger partial charge >= 0.3 is 0 Å². The lowest BCUT2D eigenvalue weighted by Crippen LogP contribution is -2.44. The van der Waals surface area contributed by atoms with Crippen molar-refractivity contribution in [3.05, 3.63) is 34.3 Å². The Hall–Kier alpha value is -1.36. The summed E-state index contributed by atoms with van der Waals surface area (Å²) in [5.74, 6) is -0.278. The summed E-state index contributed by atoms with van der Waals surface area (Å²) in [5, 5.41) is 2.69. The first-order valence-electron chi connectivity index (χ1n) is 5.65. The van der Waals surface area contributed by atoms with Crippen LogP contribution in [-0.4, -0.2) is 36.9 Å². The fourth-order valence-corrected chi connectivity index (χ4v) is 1.98. The Morgan fingerprint density at radius 3 is 2.50 bits per heavy atom. The van der Waals surface area contributed by atoms with Crippen molar-refractivity contribution >= 4 is 27.7 Å². The molecule has 0 heterocycles. The Labute approximate surface area is 115 Å². The Kier molecular flexibility index (Phi) is 5.34. The third-order valence-corrected chi connectivity index (χ3v) is 3.27. The van der Waals surface area contributed by atoms with Crippen molar-refractivity contribution in [2.24, 2.45) is 0 Å². The summed E-state index contributed by atoms with van der Waals surface area (Å²) in [6, 6.07) is 7.03. The molecule has 0 spiro atoms. The molecular formula is C13H17BrN2O2. The minimum atomic E-state index is -0.505. The third kappa shape index (κ3) is 4.14. The van der Waals surface area contributed by atoms with Gasteiger partial charge in [0.05, 0.1) is 6.42 Å². The highest BCUT2D eigenvalue weighted by Crippen LogP contribution is 2.16. The van der Waals surface area contributed by atoms with Crippen molar-refractivity contribution in [2.45, 2.75) is 19.4 Å². The van der Waals surface area contributed by atoms with Crippen LogP contribution >= 0.6 is 15.9 Å². The number of hydrogen-bond acceptors (Lipinski definition) is 2. The van der Waals surface area contributed by atoms with Gasteiger partial charge in [-0.25, -0.2) is 0 Å². The second-order valence-electron chi connectivity index (χ2n) is 4.29. The summed E-state index contributed by atoms with van der Waals surface area (Å²) in [5.41, 5.74) is 0.902. The van der Waals surface area contributed by atoms with Gasteiger partial charge in [0, 0.05) is 18.6 Å². The Balaban J connectivity index is 2.58. The molecule has 1 atom stereocenters. The summed E-state index contributed by atoms with van der Waals surface area (Å²) >= 11 is 3.39. The molecule has 1 rings (SSSR count). The van der Waals surface area contributed by atoms with Crippen LogP contribution in [0.25, 0.3) is 0 Å². The number of carbonyl (C=O) groups is 2. The van der Waals surface area contributed by atoms with Crippen molar-refractivity contribution in [3.8, 4) is 0 Å². The van der Waals surface area contributed by atoms with Crippen molar-refractivity contribution in [1.29, 1.82) is 0 Å². The predicted molar refractivity (Wildman–Crippen MR) is 74.1 cm³/mol. The monoisotopic (exact) mass is 312 g/mol. The van der Waals surface area contributed by atoms with Crippen LogP contribution in [0.1, 0.15) is 12.5 Å². The van der Waals surface area contributed by atoms with E-state index in [4.69, 9.17) is 0 Å². The maximum atomic E-state index is 11.8. The lowest BCUT2D eigenvalue weighted by atomic mass is 10.1. The van der Waals surface area contributed by atoms with Crippen LogP contribution in [0.4, 0.5) is 0 Å². The highest BCUT2D eigenvalue weighted by atomic mass is 79.9. The van der Waals surface area contributed by atoms with E-state index in [-0.39, 0.29) is 18.2 Å². The fraction of sp³-hybridized carbons (Fsp3) is 0.385. The summed E-state index contributed by atoms with van der Waals surface area (Å²) < 4.78 is 0.895. The van der Waals surface area contributed by atoms with E-state index in [0.29, 0.717) is 0 Å². The number of benzene rings is 1. The molecule has 18 heavy (non-hydrogen) atoms. The first kappa shape index (κ1) is 14.7. The third-order valence-electron chi connectivity index (χ3n) is 2.50. The molecule has 0 aromatic heterocycles. The van der Waals surface area contributed by atoms with Crippen molar-refractivity contribution in [2.75, 3.05) is 14.1 Å². The minimum absolute atomic E-state index is 0.115. The lowest BCUT2D eigenvalue weighted by Gasteiger charge is -2.18. The summed E-state index contributed by atoms with van der Waals surface area (Å²) in [6.07, 6.45) is 0.256. The second kappa shape index (κ2) is 6.54. The SMILES string of the molecule is C[C@H](NC(=O)Cc1ccccc1Br)C(=O)N(C)C. The average Bonchev–Trinajstić information content (AvgIpc) is 2.30. The highest BCUT2D eigenvalue weighted by Gasteiger charge is 2.17. The summed E-state index contributed by atoms with van der Waals surface area (Å²) in [7, 11) is 3.33. The number of nitrogens with zero attached hydrogens (tertiary/aromatic N) is 1. The van der Waals surface area contributed by atoms with Gasteiger partial charge in [0.2, 0.25) is 11.8 Å². The van der Waals surface area contributed by atoms with E-state index < -0.39 is 6.04 Å². The molecule has 1 aromatic rings. The Morgan fingerprint density at radius 1 is 1.33 bits per heavy atom. The molecule has 0 saturated carbocycles. The number of likely N-dealkylation sites (N-methyl/N-ethyl adjacent to an activating group) is 1. The van der Waals surface area contributed by atoms with Crippen molar-refractivity contribution in [1.82, 2.24) is 10.2 Å². The highest BCUT2D eigenvalue weighted by molar-refractivity contribution is 9.10. The number of nitrogens with one attached hydrogen (secondary N) is 1. The number of rotatable bonds is 4. The van der Waals surface area contributed by atoms with Gasteiger partial charge in [0.1, 0.15) is 6.04 Å². The number of hydrogen-bond donors (Lipinski definition) is 1. The quantitative estimate of drug-likeness (QED) is 0.917. The Bertz CT molecular complexity index is 446. The molecule has 1 aromatic carbocycles. The zero-order chi connectivity index (χ0) is 13.7. The second-order valence-corrected chi connectivity index (χ2v) is 5.14. The zero-order valence-electron chi connectivity index (χ0n) is 10.7. The van der Waals surface area contributed by atoms with Gasteiger partial charge in [-0.15, -0.1) is 0 Å². The van der Waals surface area contributed by atoms with Crippen molar-refractivity contribution in [3.63, 3.8) is 0 Å². The predicted octanol–water partition coefficient (Wildman–Crippen LogP) is 1.58. The smallest absolute Gasteiger partial charge is 0.244 e. The maximum Gasteiger partial charge on any atom is 0.244 e. The molecule has 0 bridgehead atoms. The fourth-order valence-electron chi connectivity index (χ4n) is 1.56. The van der Waals surface area contributed by atoms with Gasteiger partial charge < -0.3 is 10.2 Å². The molecule has 5 heteroatoms. The molecule has 0 aliphatic rings. The van der Waals surface area contributed by atoms with Crippen LogP contribution in [0.15, 0.2) is 28.7 Å². The van der Waals surface area contributed by atoms with Gasteiger partial charge in [-0.05, 0) is 18.6 Å². The summed E-state index contributed by atoms with van der Waals surface area (Å²) in [6.45, 7) is 1.68. The molecule has 0 fully saturated rings. The van der Waals surface area contributed by atoms with E-state index in [1.165, 1.54) is 4.90 Å². The van der Waals surface area contributed by atoms with Crippen LogP contribution < -0.4 is 5.32 Å². The molecule has 0 aliphatic heterocycles. The van der Waals surface area contributed by atoms with Crippen LogP contribution in [-0.2, 0) is 16.0 Å². The summed E-state index contributed by atoms with van der Waals surface area (Å²) in [4.78, 5) is 24.9. The normalized spacial score (nSPS) is 11.8. The number of amides is 2. The van der Waals surface area contributed by atoms with Crippen LogP contribution in [0.2, 0.25) is 0 Å². The van der Waals surface area contributed by atoms with E-state index in [9.17, 15) is 9.59 Å². The average molecular weight is 313 g/mol. The molecule has 0 aliphatic carbocycles. The van der Waals surface area contributed by atoms with Crippen LogP contribution in [0, 0.1) is 0 Å². The van der Waals surface area contributed by atoms with Crippen molar-refractivity contribution < 1.29 is 9.59 Å². The van der Waals surface area contributed by atoms with E-state index in [1.807, 2.05) is 24.3 Å². The zero-order valence-corrected chi connectivity index (χ0v) is 12.3. The molecular weight excluding hydrogens is 296 g/mol. The molecule has 1 N–H and O–H groups in total. The van der Waals surface area contributed by atoms with Crippen LogP contribution in [0.3, 0.4) is 0 Å². The van der Waals surface area contributed by atoms with E-state index in [1.54, 1.807) is 21.0 Å². The molecule has 2 amide bonds. The molecule has 0 unspecified atom stereocenters. The van der Waals surface area contributed by atoms with E-state index in [0.717, 1.165) is 10.0 Å². The van der Waals surface area contributed by atoms with E-state index >= 15 is 0 Å². The standard InChI is InChI=1S/C13H17BrN2O2/c1-9(13(18)16(2)3)15-12(17)8-10-6-4-5-7-11(10)14/h4-7,9H,8H2,1-3H3,(H,15,17)/t9-/m0/s1. The number of carbonyl (C=O) groups excluding carboxylic acids is 2.